The first-order valence-electron chi connectivity index (χ1n) is 6.26. The molecule has 0 aliphatic heterocycles. The van der Waals surface area contributed by atoms with E-state index in [2.05, 4.69) is 57.1 Å². The van der Waals surface area contributed by atoms with Crippen LogP contribution in [0.4, 0.5) is 0 Å². The van der Waals surface area contributed by atoms with E-state index in [0.29, 0.717) is 5.92 Å². The summed E-state index contributed by atoms with van der Waals surface area (Å²) in [6, 6.07) is 8.65. The van der Waals surface area contributed by atoms with Crippen LogP contribution >= 0.6 is 15.9 Å². The van der Waals surface area contributed by atoms with Crippen molar-refractivity contribution in [3.05, 3.63) is 58.7 Å². The molecule has 2 aromatic rings. The Morgan fingerprint density at radius 1 is 1.33 bits per heavy atom. The molecule has 1 aromatic carbocycles. The van der Waals surface area contributed by atoms with Crippen molar-refractivity contribution in [3.63, 3.8) is 0 Å². The molecule has 0 saturated heterocycles. The molecule has 0 N–H and O–H groups in total. The summed E-state index contributed by atoms with van der Waals surface area (Å²) in [7, 11) is 0. The van der Waals surface area contributed by atoms with Gasteiger partial charge < -0.3 is 0 Å². The third-order valence-corrected chi connectivity index (χ3v) is 4.29. The highest BCUT2D eigenvalue weighted by molar-refractivity contribution is 9.08. The Labute approximate surface area is 116 Å². The predicted molar refractivity (Wildman–Crippen MR) is 76.0 cm³/mol. The quantitative estimate of drug-likeness (QED) is 0.790. The Kier molecular flexibility index (Phi) is 3.16. The fourth-order valence-electron chi connectivity index (χ4n) is 2.63. The third kappa shape index (κ3) is 1.97. The molecule has 1 aromatic heterocycles. The van der Waals surface area contributed by atoms with E-state index in [4.69, 9.17) is 0 Å². The van der Waals surface area contributed by atoms with Crippen LogP contribution in [-0.4, -0.2) is 9.97 Å². The summed E-state index contributed by atoms with van der Waals surface area (Å²) < 4.78 is 0. The van der Waals surface area contributed by atoms with Crippen LogP contribution in [0.3, 0.4) is 0 Å². The molecule has 1 unspecified atom stereocenters. The van der Waals surface area contributed by atoms with Crippen LogP contribution in [-0.2, 0) is 11.8 Å². The summed E-state index contributed by atoms with van der Waals surface area (Å²) in [4.78, 5) is 9.23. The lowest BCUT2D eigenvalue weighted by Crippen LogP contribution is -2.05. The van der Waals surface area contributed by atoms with E-state index in [1.807, 2.05) is 6.20 Å². The van der Waals surface area contributed by atoms with Gasteiger partial charge in [0.25, 0.3) is 0 Å². The van der Waals surface area contributed by atoms with Crippen molar-refractivity contribution in [2.24, 2.45) is 0 Å². The fourth-order valence-corrected chi connectivity index (χ4v) is 3.18. The van der Waals surface area contributed by atoms with Crippen LogP contribution < -0.4 is 0 Å². The Bertz CT molecular complexity index is 580. The molecule has 18 heavy (non-hydrogen) atoms. The highest BCUT2D eigenvalue weighted by Crippen LogP contribution is 2.36. The lowest BCUT2D eigenvalue weighted by Gasteiger charge is -2.11. The van der Waals surface area contributed by atoms with Gasteiger partial charge in [0.05, 0.1) is 0 Å². The smallest absolute Gasteiger partial charge is 0.136 e. The molecule has 2 nitrogen and oxygen atoms in total. The van der Waals surface area contributed by atoms with E-state index < -0.39 is 0 Å². The first-order chi connectivity index (χ1) is 8.79. The molecule has 0 bridgehead atoms. The molecular weight excluding hydrogens is 288 g/mol. The maximum Gasteiger partial charge on any atom is 0.136 e. The fraction of sp³-hybridized carbons (Fsp3) is 0.333. The van der Waals surface area contributed by atoms with Crippen molar-refractivity contribution in [1.29, 1.82) is 0 Å². The van der Waals surface area contributed by atoms with Crippen molar-refractivity contribution in [2.75, 3.05) is 0 Å². The second-order valence-corrected chi connectivity index (χ2v) is 5.32. The summed E-state index contributed by atoms with van der Waals surface area (Å²) in [6.45, 7) is 2.06. The van der Waals surface area contributed by atoms with E-state index in [1.54, 1.807) is 0 Å². The van der Waals surface area contributed by atoms with Crippen LogP contribution in [0.15, 0.2) is 30.5 Å². The first kappa shape index (κ1) is 11.8. The van der Waals surface area contributed by atoms with E-state index in [0.717, 1.165) is 29.7 Å². The Hall–Kier alpha value is -1.22. The predicted octanol–water partition coefficient (Wildman–Crippen LogP) is 3.76. The standard InChI is InChI=1S/C15H15BrN2/c1-10-12(8-16)9-17-15(18-10)14-7-6-11-4-2-3-5-13(11)14/h2-5,9,14H,6-8H2,1H3. The topological polar surface area (TPSA) is 25.8 Å². The molecule has 1 heterocycles. The summed E-state index contributed by atoms with van der Waals surface area (Å²) in [5.74, 6) is 1.35. The number of aryl methyl sites for hydroxylation is 2. The number of fused-ring (bicyclic) bond motifs is 1. The molecule has 0 saturated carbocycles. The molecule has 0 amide bonds. The summed E-state index contributed by atoms with van der Waals surface area (Å²) >= 11 is 3.46. The second kappa shape index (κ2) is 4.81. The second-order valence-electron chi connectivity index (χ2n) is 4.76. The van der Waals surface area contributed by atoms with E-state index in [9.17, 15) is 0 Å². The van der Waals surface area contributed by atoms with Crippen LogP contribution in [0.1, 0.15) is 40.5 Å². The zero-order valence-corrected chi connectivity index (χ0v) is 11.9. The minimum Gasteiger partial charge on any atom is -0.240 e. The minimum atomic E-state index is 0.379. The van der Waals surface area contributed by atoms with Crippen molar-refractivity contribution in [3.8, 4) is 0 Å². The number of benzene rings is 1. The molecule has 3 rings (SSSR count). The molecule has 92 valence electrons. The average Bonchev–Trinajstić information content (AvgIpc) is 2.82. The van der Waals surface area contributed by atoms with Crippen molar-refractivity contribution in [2.45, 2.75) is 31.0 Å². The van der Waals surface area contributed by atoms with Gasteiger partial charge in [0.2, 0.25) is 0 Å². The number of hydrogen-bond donors (Lipinski definition) is 0. The molecule has 0 fully saturated rings. The van der Waals surface area contributed by atoms with Crippen LogP contribution in [0, 0.1) is 6.92 Å². The molecule has 1 atom stereocenters. The van der Waals surface area contributed by atoms with Gasteiger partial charge in [-0.25, -0.2) is 9.97 Å². The number of aromatic nitrogens is 2. The maximum atomic E-state index is 4.68. The van der Waals surface area contributed by atoms with Gasteiger partial charge in [-0.15, -0.1) is 0 Å². The number of nitrogens with zero attached hydrogens (tertiary/aromatic N) is 2. The summed E-state index contributed by atoms with van der Waals surface area (Å²) in [5.41, 5.74) is 5.11. The number of rotatable bonds is 2. The Morgan fingerprint density at radius 2 is 2.17 bits per heavy atom. The van der Waals surface area contributed by atoms with Gasteiger partial charge in [0, 0.05) is 28.7 Å². The zero-order chi connectivity index (χ0) is 12.5. The molecular formula is C15H15BrN2. The molecule has 0 radical (unpaired) electrons. The SMILES string of the molecule is Cc1nc(C2CCc3ccccc32)ncc1CBr. The van der Waals surface area contributed by atoms with Gasteiger partial charge in [-0.2, -0.15) is 0 Å². The third-order valence-electron chi connectivity index (χ3n) is 3.69. The minimum absolute atomic E-state index is 0.379. The zero-order valence-electron chi connectivity index (χ0n) is 10.4. The highest BCUT2D eigenvalue weighted by atomic mass is 79.9. The monoisotopic (exact) mass is 302 g/mol. The van der Waals surface area contributed by atoms with Gasteiger partial charge in [0.1, 0.15) is 5.82 Å². The summed E-state index contributed by atoms with van der Waals surface area (Å²) in [5, 5.41) is 0.820. The number of hydrogen-bond acceptors (Lipinski definition) is 2. The number of alkyl halides is 1. The maximum absolute atomic E-state index is 4.68. The Morgan fingerprint density at radius 3 is 2.94 bits per heavy atom. The first-order valence-corrected chi connectivity index (χ1v) is 7.38. The van der Waals surface area contributed by atoms with Gasteiger partial charge >= 0.3 is 0 Å². The van der Waals surface area contributed by atoms with Crippen molar-refractivity contribution in [1.82, 2.24) is 9.97 Å². The van der Waals surface area contributed by atoms with Gasteiger partial charge in [-0.3, -0.25) is 0 Å². The molecule has 0 spiro atoms. The Balaban J connectivity index is 2.00. The van der Waals surface area contributed by atoms with E-state index >= 15 is 0 Å². The van der Waals surface area contributed by atoms with Gasteiger partial charge in [-0.1, -0.05) is 40.2 Å². The normalized spacial score (nSPS) is 17.8. The molecule has 1 aliphatic rings. The number of halogens is 1. The lowest BCUT2D eigenvalue weighted by molar-refractivity contribution is 0.721. The van der Waals surface area contributed by atoms with Crippen LogP contribution in [0.5, 0.6) is 0 Å². The van der Waals surface area contributed by atoms with E-state index in [-0.39, 0.29) is 0 Å². The van der Waals surface area contributed by atoms with Gasteiger partial charge in [-0.05, 0) is 30.9 Å². The molecule has 3 heteroatoms. The average molecular weight is 303 g/mol. The highest BCUT2D eigenvalue weighted by Gasteiger charge is 2.25. The lowest BCUT2D eigenvalue weighted by atomic mass is 10.0. The summed E-state index contributed by atoms with van der Waals surface area (Å²) in [6.07, 6.45) is 4.23. The largest absolute Gasteiger partial charge is 0.240 e. The molecule has 1 aliphatic carbocycles. The van der Waals surface area contributed by atoms with E-state index in [1.165, 1.54) is 16.7 Å². The van der Waals surface area contributed by atoms with Crippen LogP contribution in [0.2, 0.25) is 0 Å². The van der Waals surface area contributed by atoms with Crippen LogP contribution in [0.25, 0.3) is 0 Å². The van der Waals surface area contributed by atoms with Gasteiger partial charge in [0.15, 0.2) is 0 Å². The van der Waals surface area contributed by atoms with Crippen molar-refractivity contribution >= 4 is 15.9 Å². The van der Waals surface area contributed by atoms with Crippen molar-refractivity contribution < 1.29 is 0 Å².